The Morgan fingerprint density at radius 1 is 0.697 bits per heavy atom. The summed E-state index contributed by atoms with van der Waals surface area (Å²) in [4.78, 5) is 12.0. The second-order valence-electron chi connectivity index (χ2n) is 8.01. The Kier molecular flexibility index (Phi) is 4.82. The summed E-state index contributed by atoms with van der Waals surface area (Å²) >= 11 is 6.12. The fourth-order valence-corrected chi connectivity index (χ4v) is 4.43. The van der Waals surface area contributed by atoms with E-state index in [-0.39, 0.29) is 0 Å². The van der Waals surface area contributed by atoms with Crippen LogP contribution in [0.25, 0.3) is 44.3 Å². The number of aromatic nitrogens is 2. The number of fused-ring (bicyclic) bond motifs is 2. The van der Waals surface area contributed by atoms with Gasteiger partial charge in [-0.05, 0) is 42.0 Å². The van der Waals surface area contributed by atoms with E-state index in [4.69, 9.17) is 16.6 Å². The maximum Gasteiger partial charge on any atom is 0.0723 e. The van der Waals surface area contributed by atoms with Gasteiger partial charge in [-0.25, -0.2) is 0 Å². The maximum absolute atomic E-state index is 6.12. The van der Waals surface area contributed by atoms with Crippen LogP contribution in [-0.2, 0) is 0 Å². The van der Waals surface area contributed by atoms with Crippen molar-refractivity contribution in [1.29, 1.82) is 0 Å². The van der Waals surface area contributed by atoms with Crippen LogP contribution in [0.5, 0.6) is 0 Å². The molecule has 4 heteroatoms. The average molecular weight is 446 g/mol. The maximum atomic E-state index is 6.12. The molecule has 2 N–H and O–H groups in total. The summed E-state index contributed by atoms with van der Waals surface area (Å²) in [7, 11) is 0. The molecular formula is C29H20ClN3. The summed E-state index contributed by atoms with van der Waals surface area (Å²) in [6.07, 6.45) is 1.96. The van der Waals surface area contributed by atoms with Gasteiger partial charge in [-0.3, -0.25) is 4.99 Å². The highest BCUT2D eigenvalue weighted by Gasteiger charge is 2.12. The van der Waals surface area contributed by atoms with Gasteiger partial charge in [0.2, 0.25) is 0 Å². The van der Waals surface area contributed by atoms with Crippen LogP contribution in [0.3, 0.4) is 0 Å². The minimum absolute atomic E-state index is 0.720. The van der Waals surface area contributed by atoms with E-state index in [0.29, 0.717) is 0 Å². The zero-order valence-electron chi connectivity index (χ0n) is 17.7. The molecule has 0 fully saturated rings. The van der Waals surface area contributed by atoms with Gasteiger partial charge in [0.15, 0.2) is 0 Å². The molecule has 4 aromatic carbocycles. The summed E-state index contributed by atoms with van der Waals surface area (Å²) in [5, 5.41) is 3.04. The van der Waals surface area contributed by atoms with Crippen molar-refractivity contribution in [2.45, 2.75) is 0 Å². The molecule has 2 heterocycles. The van der Waals surface area contributed by atoms with Gasteiger partial charge in [-0.15, -0.1) is 0 Å². The third-order valence-corrected chi connectivity index (χ3v) is 6.19. The van der Waals surface area contributed by atoms with Crippen molar-refractivity contribution in [2.24, 2.45) is 4.99 Å². The van der Waals surface area contributed by atoms with Crippen LogP contribution in [0.4, 0.5) is 5.69 Å². The molecule has 6 aromatic rings. The Morgan fingerprint density at radius 2 is 1.42 bits per heavy atom. The molecule has 0 saturated carbocycles. The first-order chi connectivity index (χ1) is 16.3. The number of aliphatic imine (C=N–C) groups is 1. The lowest BCUT2D eigenvalue weighted by atomic mass is 10.1. The highest BCUT2D eigenvalue weighted by Crippen LogP contribution is 2.34. The van der Waals surface area contributed by atoms with Crippen LogP contribution < -0.4 is 0 Å². The van der Waals surface area contributed by atoms with E-state index in [9.17, 15) is 0 Å². The lowest BCUT2D eigenvalue weighted by molar-refractivity contribution is 1.42. The zero-order chi connectivity index (χ0) is 22.2. The van der Waals surface area contributed by atoms with Gasteiger partial charge in [0, 0.05) is 49.9 Å². The summed E-state index contributed by atoms with van der Waals surface area (Å²) in [6, 6.07) is 34.9. The highest BCUT2D eigenvalue weighted by atomic mass is 35.5. The molecule has 0 radical (unpaired) electrons. The van der Waals surface area contributed by atoms with E-state index >= 15 is 0 Å². The minimum atomic E-state index is 0.720. The largest absolute Gasteiger partial charge is 0.354 e. The molecule has 0 spiro atoms. The monoisotopic (exact) mass is 445 g/mol. The molecule has 33 heavy (non-hydrogen) atoms. The molecule has 0 atom stereocenters. The number of benzene rings is 4. The van der Waals surface area contributed by atoms with E-state index in [1.807, 2.05) is 60.8 Å². The number of hydrogen-bond acceptors (Lipinski definition) is 1. The Bertz CT molecular complexity index is 1590. The molecule has 2 aromatic heterocycles. The topological polar surface area (TPSA) is 43.9 Å². The van der Waals surface area contributed by atoms with Crippen LogP contribution in [0.2, 0.25) is 5.02 Å². The molecule has 0 bridgehead atoms. The quantitative estimate of drug-likeness (QED) is 0.256. The lowest BCUT2D eigenvalue weighted by Gasteiger charge is -2.04. The fraction of sp³-hybridized carbons (Fsp3) is 0. The summed E-state index contributed by atoms with van der Waals surface area (Å²) < 4.78 is 0. The smallest absolute Gasteiger partial charge is 0.0723 e. The van der Waals surface area contributed by atoms with E-state index in [0.717, 1.165) is 55.2 Å². The van der Waals surface area contributed by atoms with Crippen molar-refractivity contribution in [3.8, 4) is 22.5 Å². The number of para-hydroxylation sites is 3. The molecule has 3 nitrogen and oxygen atoms in total. The van der Waals surface area contributed by atoms with E-state index in [1.54, 1.807) is 0 Å². The van der Waals surface area contributed by atoms with Gasteiger partial charge in [-0.1, -0.05) is 78.3 Å². The molecular weight excluding hydrogens is 426 g/mol. The molecule has 0 amide bonds. The van der Waals surface area contributed by atoms with Crippen LogP contribution in [0.15, 0.2) is 108 Å². The third kappa shape index (κ3) is 3.63. The SMILES string of the molecule is Clc1ccc(-c2[nH]c3ccccc3c2C=Nc2ccccc2-c2cc3ccccc3[nH]2)cc1. The van der Waals surface area contributed by atoms with E-state index < -0.39 is 0 Å². The standard InChI is InChI=1S/C29H20ClN3/c30-21-15-13-19(14-16-21)29-24(22-8-2-6-12-27(22)33-29)18-31-26-11-5-3-9-23(26)28-17-20-7-1-4-10-25(20)32-28/h1-18,32-33H. The number of H-pyrrole nitrogens is 2. The van der Waals surface area contributed by atoms with Gasteiger partial charge >= 0.3 is 0 Å². The molecule has 0 aliphatic heterocycles. The molecule has 0 unspecified atom stereocenters. The van der Waals surface area contributed by atoms with Gasteiger partial charge in [0.25, 0.3) is 0 Å². The number of nitrogens with one attached hydrogen (secondary N) is 2. The van der Waals surface area contributed by atoms with Crippen molar-refractivity contribution in [3.63, 3.8) is 0 Å². The molecule has 0 aliphatic rings. The van der Waals surface area contributed by atoms with Crippen LogP contribution in [0, 0.1) is 0 Å². The van der Waals surface area contributed by atoms with Crippen molar-refractivity contribution in [1.82, 2.24) is 9.97 Å². The lowest BCUT2D eigenvalue weighted by Crippen LogP contribution is -1.86. The number of nitrogens with zero attached hydrogens (tertiary/aromatic N) is 1. The van der Waals surface area contributed by atoms with Crippen molar-refractivity contribution in [3.05, 3.63) is 114 Å². The number of aromatic amines is 2. The summed E-state index contributed by atoms with van der Waals surface area (Å²) in [5.74, 6) is 0. The second-order valence-corrected chi connectivity index (χ2v) is 8.45. The predicted octanol–water partition coefficient (Wildman–Crippen LogP) is 8.39. The van der Waals surface area contributed by atoms with Crippen LogP contribution in [-0.4, -0.2) is 16.2 Å². The first-order valence-electron chi connectivity index (χ1n) is 10.8. The van der Waals surface area contributed by atoms with Gasteiger partial charge in [0.05, 0.1) is 11.4 Å². The Labute approximate surface area is 196 Å². The summed E-state index contributed by atoms with van der Waals surface area (Å²) in [6.45, 7) is 0. The number of halogens is 1. The van der Waals surface area contributed by atoms with Gasteiger partial charge in [-0.2, -0.15) is 0 Å². The molecule has 0 saturated heterocycles. The van der Waals surface area contributed by atoms with E-state index in [1.165, 1.54) is 5.39 Å². The number of rotatable bonds is 4. The third-order valence-electron chi connectivity index (χ3n) is 5.94. The van der Waals surface area contributed by atoms with Crippen molar-refractivity contribution < 1.29 is 0 Å². The Hall–Kier alpha value is -4.08. The fourth-order valence-electron chi connectivity index (χ4n) is 4.31. The molecule has 0 aliphatic carbocycles. The summed E-state index contributed by atoms with van der Waals surface area (Å²) in [5.41, 5.74) is 8.39. The molecule has 6 rings (SSSR count). The molecule has 158 valence electrons. The van der Waals surface area contributed by atoms with Crippen LogP contribution >= 0.6 is 11.6 Å². The van der Waals surface area contributed by atoms with E-state index in [2.05, 4.69) is 58.5 Å². The Morgan fingerprint density at radius 3 is 2.27 bits per heavy atom. The normalized spacial score (nSPS) is 11.7. The van der Waals surface area contributed by atoms with Gasteiger partial charge < -0.3 is 9.97 Å². The van der Waals surface area contributed by atoms with Crippen LogP contribution in [0.1, 0.15) is 5.56 Å². The van der Waals surface area contributed by atoms with Gasteiger partial charge in [0.1, 0.15) is 0 Å². The van der Waals surface area contributed by atoms with Crippen molar-refractivity contribution >= 4 is 45.3 Å². The predicted molar refractivity (Wildman–Crippen MR) is 140 cm³/mol. The minimum Gasteiger partial charge on any atom is -0.354 e. The zero-order valence-corrected chi connectivity index (χ0v) is 18.5. The first kappa shape index (κ1) is 19.6. The van der Waals surface area contributed by atoms with Crippen molar-refractivity contribution in [2.75, 3.05) is 0 Å². The Balaban J connectivity index is 1.47. The second kappa shape index (κ2) is 8.12. The highest BCUT2D eigenvalue weighted by molar-refractivity contribution is 6.30. The first-order valence-corrected chi connectivity index (χ1v) is 11.2. The average Bonchev–Trinajstić information content (AvgIpc) is 3.45. The number of hydrogen-bond donors (Lipinski definition) is 2.